The van der Waals surface area contributed by atoms with E-state index in [9.17, 15) is 4.79 Å². The molecule has 10 nitrogen and oxygen atoms in total. The number of morpholine rings is 1. The number of amides is 1. The fraction of sp³-hybridized carbons (Fsp3) is 0.500. The highest BCUT2D eigenvalue weighted by Crippen LogP contribution is 2.24. The van der Waals surface area contributed by atoms with Crippen LogP contribution in [0.25, 0.3) is 11.2 Å². The Labute approximate surface area is 173 Å². The first-order valence-electron chi connectivity index (χ1n) is 10.3. The molecule has 0 aliphatic carbocycles. The zero-order valence-electron chi connectivity index (χ0n) is 16.9. The lowest BCUT2D eigenvalue weighted by atomic mass is 10.1. The molecule has 2 saturated heterocycles. The van der Waals surface area contributed by atoms with Crippen LogP contribution in [0.2, 0.25) is 0 Å². The Hall–Kier alpha value is -3.14. The topological polar surface area (TPSA) is 102 Å². The van der Waals surface area contributed by atoms with Crippen molar-refractivity contribution in [1.29, 1.82) is 0 Å². The summed E-state index contributed by atoms with van der Waals surface area (Å²) in [5.74, 6) is 0.818. The van der Waals surface area contributed by atoms with Crippen molar-refractivity contribution in [2.45, 2.75) is 32.4 Å². The number of rotatable bonds is 4. The van der Waals surface area contributed by atoms with E-state index in [2.05, 4.69) is 30.2 Å². The van der Waals surface area contributed by atoms with Crippen molar-refractivity contribution in [3.63, 3.8) is 0 Å². The normalized spacial score (nSPS) is 19.6. The van der Waals surface area contributed by atoms with E-state index < -0.39 is 0 Å². The summed E-state index contributed by atoms with van der Waals surface area (Å²) in [6.45, 7) is 5.89. The Morgan fingerprint density at radius 3 is 2.90 bits per heavy atom. The number of pyridine rings is 1. The van der Waals surface area contributed by atoms with E-state index in [1.165, 1.54) is 0 Å². The molecular weight excluding hydrogens is 384 g/mol. The minimum atomic E-state index is -0.185. The van der Waals surface area contributed by atoms with Crippen molar-refractivity contribution in [3.05, 3.63) is 35.9 Å². The lowest BCUT2D eigenvalue weighted by molar-refractivity contribution is -0.0297. The molecule has 5 heterocycles. The average Bonchev–Trinajstić information content (AvgIpc) is 3.44. The summed E-state index contributed by atoms with van der Waals surface area (Å²) >= 11 is 0. The third-order valence-corrected chi connectivity index (χ3v) is 5.61. The first-order valence-corrected chi connectivity index (χ1v) is 10.3. The summed E-state index contributed by atoms with van der Waals surface area (Å²) in [6.07, 6.45) is 7.06. The van der Waals surface area contributed by atoms with Crippen LogP contribution >= 0.6 is 0 Å². The molecule has 1 unspecified atom stereocenters. The number of anilines is 1. The predicted molar refractivity (Wildman–Crippen MR) is 109 cm³/mol. The Bertz CT molecular complexity index is 1060. The molecular formula is C20H24N8O2. The molecule has 2 aliphatic rings. The summed E-state index contributed by atoms with van der Waals surface area (Å²) in [7, 11) is 0. The molecule has 2 fully saturated rings. The second-order valence-electron chi connectivity index (χ2n) is 7.83. The summed E-state index contributed by atoms with van der Waals surface area (Å²) in [4.78, 5) is 29.9. The summed E-state index contributed by atoms with van der Waals surface area (Å²) in [5, 5.41) is 8.65. The van der Waals surface area contributed by atoms with Gasteiger partial charge in [-0.15, -0.1) is 5.10 Å². The van der Waals surface area contributed by atoms with Crippen LogP contribution in [0.5, 0.6) is 0 Å². The number of hydrogen-bond donors (Lipinski definition) is 0. The van der Waals surface area contributed by atoms with Crippen molar-refractivity contribution in [2.24, 2.45) is 0 Å². The number of hydrogen-bond acceptors (Lipinski definition) is 8. The standard InChI is InChI=1S/C20H24N8O2/c1-14-8-15(10-21-9-14)20(29)27-6-7-30-16(11-27)12-28-19-17(24-25-28)18(22-13-23-19)26-4-2-3-5-26/h8-10,13,16H,2-7,11-12H2,1H3. The van der Waals surface area contributed by atoms with Gasteiger partial charge >= 0.3 is 0 Å². The van der Waals surface area contributed by atoms with Crippen LogP contribution in [-0.2, 0) is 11.3 Å². The van der Waals surface area contributed by atoms with Gasteiger partial charge in [-0.1, -0.05) is 5.21 Å². The SMILES string of the molecule is Cc1cncc(C(=O)N2CCOC(Cn3nnc4c(N5CCCC5)ncnc43)C2)c1. The van der Waals surface area contributed by atoms with E-state index in [4.69, 9.17) is 4.74 Å². The maximum atomic E-state index is 12.9. The maximum Gasteiger partial charge on any atom is 0.255 e. The monoisotopic (exact) mass is 408 g/mol. The quantitative estimate of drug-likeness (QED) is 0.632. The van der Waals surface area contributed by atoms with Crippen LogP contribution < -0.4 is 4.90 Å². The molecule has 156 valence electrons. The molecule has 1 atom stereocenters. The van der Waals surface area contributed by atoms with Gasteiger partial charge in [0.1, 0.15) is 6.33 Å². The number of nitrogens with zero attached hydrogens (tertiary/aromatic N) is 8. The first-order chi connectivity index (χ1) is 14.7. The van der Waals surface area contributed by atoms with Gasteiger partial charge < -0.3 is 14.5 Å². The highest BCUT2D eigenvalue weighted by Gasteiger charge is 2.27. The van der Waals surface area contributed by atoms with Gasteiger partial charge in [0.05, 0.1) is 24.8 Å². The van der Waals surface area contributed by atoms with E-state index in [1.807, 2.05) is 17.9 Å². The van der Waals surface area contributed by atoms with Crippen molar-refractivity contribution in [2.75, 3.05) is 37.7 Å². The molecule has 3 aromatic heterocycles. The molecule has 10 heteroatoms. The second kappa shape index (κ2) is 7.94. The second-order valence-corrected chi connectivity index (χ2v) is 7.83. The van der Waals surface area contributed by atoms with Crippen LogP contribution in [0.4, 0.5) is 5.82 Å². The predicted octanol–water partition coefficient (Wildman–Crippen LogP) is 1.07. The van der Waals surface area contributed by atoms with Crippen LogP contribution in [0, 0.1) is 6.92 Å². The Balaban J connectivity index is 1.33. The number of fused-ring (bicyclic) bond motifs is 1. The average molecular weight is 408 g/mol. The molecule has 1 amide bonds. The first kappa shape index (κ1) is 18.9. The van der Waals surface area contributed by atoms with Crippen LogP contribution in [0.3, 0.4) is 0 Å². The molecule has 2 aliphatic heterocycles. The number of aryl methyl sites for hydroxylation is 1. The van der Waals surface area contributed by atoms with Gasteiger partial charge in [-0.3, -0.25) is 9.78 Å². The molecule has 0 saturated carbocycles. The molecule has 0 N–H and O–H groups in total. The summed E-state index contributed by atoms with van der Waals surface area (Å²) in [6, 6.07) is 1.86. The van der Waals surface area contributed by atoms with Crippen LogP contribution in [0.15, 0.2) is 24.8 Å². The zero-order chi connectivity index (χ0) is 20.5. The van der Waals surface area contributed by atoms with Crippen LogP contribution in [-0.4, -0.2) is 79.6 Å². The largest absolute Gasteiger partial charge is 0.373 e. The van der Waals surface area contributed by atoms with Crippen molar-refractivity contribution < 1.29 is 9.53 Å². The third-order valence-electron chi connectivity index (χ3n) is 5.61. The molecule has 0 radical (unpaired) electrons. The minimum absolute atomic E-state index is 0.0263. The fourth-order valence-corrected chi connectivity index (χ4v) is 4.12. The van der Waals surface area contributed by atoms with Crippen molar-refractivity contribution >= 4 is 22.9 Å². The van der Waals surface area contributed by atoms with Gasteiger partial charge in [0.25, 0.3) is 5.91 Å². The van der Waals surface area contributed by atoms with Gasteiger partial charge in [0.2, 0.25) is 0 Å². The van der Waals surface area contributed by atoms with Gasteiger partial charge in [0, 0.05) is 38.6 Å². The number of ether oxygens (including phenoxy) is 1. The van der Waals surface area contributed by atoms with E-state index in [-0.39, 0.29) is 12.0 Å². The number of aromatic nitrogens is 6. The third kappa shape index (κ3) is 3.58. The van der Waals surface area contributed by atoms with Gasteiger partial charge in [0.15, 0.2) is 17.0 Å². The highest BCUT2D eigenvalue weighted by atomic mass is 16.5. The molecule has 0 bridgehead atoms. The summed E-state index contributed by atoms with van der Waals surface area (Å²) in [5.41, 5.74) is 2.98. The molecule has 3 aromatic rings. The van der Waals surface area contributed by atoms with E-state index >= 15 is 0 Å². The van der Waals surface area contributed by atoms with Crippen molar-refractivity contribution in [3.8, 4) is 0 Å². The Morgan fingerprint density at radius 1 is 1.20 bits per heavy atom. The zero-order valence-corrected chi connectivity index (χ0v) is 16.9. The fourth-order valence-electron chi connectivity index (χ4n) is 4.12. The number of carbonyl (C=O) groups excluding carboxylic acids is 1. The highest BCUT2D eigenvalue weighted by molar-refractivity contribution is 5.94. The maximum absolute atomic E-state index is 12.9. The van der Waals surface area contributed by atoms with E-state index in [0.29, 0.717) is 43.0 Å². The van der Waals surface area contributed by atoms with Gasteiger partial charge in [-0.25, -0.2) is 14.6 Å². The molecule has 5 rings (SSSR count). The van der Waals surface area contributed by atoms with E-state index in [0.717, 1.165) is 37.3 Å². The van der Waals surface area contributed by atoms with E-state index in [1.54, 1.807) is 23.4 Å². The lowest BCUT2D eigenvalue weighted by Gasteiger charge is -2.32. The lowest BCUT2D eigenvalue weighted by Crippen LogP contribution is -2.47. The number of carbonyl (C=O) groups is 1. The van der Waals surface area contributed by atoms with Gasteiger partial charge in [-0.05, 0) is 31.4 Å². The molecule has 0 spiro atoms. The molecule has 30 heavy (non-hydrogen) atoms. The van der Waals surface area contributed by atoms with Gasteiger partial charge in [-0.2, -0.15) is 0 Å². The van der Waals surface area contributed by atoms with Crippen LogP contribution in [0.1, 0.15) is 28.8 Å². The summed E-state index contributed by atoms with van der Waals surface area (Å²) < 4.78 is 7.67. The molecule has 0 aromatic carbocycles. The smallest absolute Gasteiger partial charge is 0.255 e. The Kier molecular flexibility index (Phi) is 4.99. The van der Waals surface area contributed by atoms with Crippen molar-refractivity contribution in [1.82, 2.24) is 34.8 Å². The minimum Gasteiger partial charge on any atom is -0.373 e. The Morgan fingerprint density at radius 2 is 2.07 bits per heavy atom.